The summed E-state index contributed by atoms with van der Waals surface area (Å²) in [5, 5.41) is 22.4. The molecule has 10 heteroatoms. The van der Waals surface area contributed by atoms with E-state index >= 15 is 0 Å². The quantitative estimate of drug-likeness (QED) is 0.637. The number of phenols is 1. The highest BCUT2D eigenvalue weighted by Crippen LogP contribution is 2.29. The average molecular weight is 329 g/mol. The maximum atomic E-state index is 12.2. The van der Waals surface area contributed by atoms with E-state index in [2.05, 4.69) is 9.71 Å². The van der Waals surface area contributed by atoms with Crippen LogP contribution < -0.4 is 4.72 Å². The summed E-state index contributed by atoms with van der Waals surface area (Å²) in [6, 6.07) is 2.31. The second kappa shape index (κ2) is 5.76. The van der Waals surface area contributed by atoms with Crippen LogP contribution in [-0.2, 0) is 10.0 Å². The Balaban J connectivity index is 2.32. The number of aromatic hydroxyl groups is 1. The van der Waals surface area contributed by atoms with Gasteiger partial charge >= 0.3 is 5.69 Å². The maximum absolute atomic E-state index is 12.2. The van der Waals surface area contributed by atoms with Crippen LogP contribution in [0.2, 0.25) is 0 Å². The molecule has 2 aromatic rings. The third-order valence-corrected chi connectivity index (χ3v) is 5.10. The van der Waals surface area contributed by atoms with Crippen molar-refractivity contribution in [2.45, 2.75) is 17.9 Å². The molecular weight excluding hydrogens is 318 g/mol. The number of nitrogens with one attached hydrogen (secondary N) is 1. The van der Waals surface area contributed by atoms with Crippen molar-refractivity contribution in [2.24, 2.45) is 0 Å². The monoisotopic (exact) mass is 329 g/mol. The van der Waals surface area contributed by atoms with E-state index in [1.165, 1.54) is 11.3 Å². The number of sulfonamides is 1. The minimum Gasteiger partial charge on any atom is -0.502 e. The predicted octanol–water partition coefficient (Wildman–Crippen LogP) is 1.80. The van der Waals surface area contributed by atoms with Gasteiger partial charge in [-0.15, -0.1) is 11.3 Å². The van der Waals surface area contributed by atoms with Gasteiger partial charge in [0.25, 0.3) is 0 Å². The lowest BCUT2D eigenvalue weighted by Gasteiger charge is -2.12. The maximum Gasteiger partial charge on any atom is 0.312 e. The van der Waals surface area contributed by atoms with Crippen LogP contribution in [-0.4, -0.2) is 23.4 Å². The number of nitrogens with zero attached hydrogens (tertiary/aromatic N) is 2. The number of nitro groups is 1. The van der Waals surface area contributed by atoms with Crippen LogP contribution in [0.15, 0.2) is 34.7 Å². The zero-order chi connectivity index (χ0) is 15.6. The van der Waals surface area contributed by atoms with E-state index in [4.69, 9.17) is 0 Å². The molecule has 0 aliphatic heterocycles. The molecule has 0 fully saturated rings. The van der Waals surface area contributed by atoms with Crippen molar-refractivity contribution >= 4 is 27.0 Å². The molecule has 0 saturated carbocycles. The Bertz CT molecular complexity index is 758. The summed E-state index contributed by atoms with van der Waals surface area (Å²) in [7, 11) is -3.96. The first kappa shape index (κ1) is 15.4. The van der Waals surface area contributed by atoms with E-state index in [-0.39, 0.29) is 4.90 Å². The Hall–Kier alpha value is -2.04. The van der Waals surface area contributed by atoms with Gasteiger partial charge in [0.15, 0.2) is 5.75 Å². The molecule has 0 amide bonds. The van der Waals surface area contributed by atoms with Crippen LogP contribution in [0, 0.1) is 10.1 Å². The number of hydrogen-bond acceptors (Lipinski definition) is 7. The van der Waals surface area contributed by atoms with Crippen molar-refractivity contribution in [2.75, 3.05) is 0 Å². The molecule has 0 radical (unpaired) electrons. The molecule has 21 heavy (non-hydrogen) atoms. The molecule has 2 N–H and O–H groups in total. The lowest BCUT2D eigenvalue weighted by atomic mass is 10.3. The Kier molecular flexibility index (Phi) is 4.21. The molecule has 8 nitrogen and oxygen atoms in total. The molecule has 1 atom stereocenters. The summed E-state index contributed by atoms with van der Waals surface area (Å²) in [6.07, 6.45) is 1.55. The molecule has 0 aliphatic rings. The fraction of sp³-hybridized carbons (Fsp3) is 0.182. The first-order chi connectivity index (χ1) is 9.81. The number of rotatable bonds is 5. The summed E-state index contributed by atoms with van der Waals surface area (Å²) < 4.78 is 26.7. The van der Waals surface area contributed by atoms with Crippen molar-refractivity contribution in [3.8, 4) is 5.75 Å². The Morgan fingerprint density at radius 1 is 1.48 bits per heavy atom. The molecule has 0 spiro atoms. The minimum atomic E-state index is -3.96. The van der Waals surface area contributed by atoms with Gasteiger partial charge in [-0.05, 0) is 19.1 Å². The molecule has 1 heterocycles. The summed E-state index contributed by atoms with van der Waals surface area (Å²) in [4.78, 5) is 13.6. The van der Waals surface area contributed by atoms with E-state index in [1.54, 1.807) is 18.5 Å². The standard InChI is InChI=1S/C11H11N3O5S2/c1-7(11-12-4-5-20-11)13-21(18,19)8-2-3-10(15)9(6-8)14(16)17/h2-7,13,15H,1H3. The zero-order valence-corrected chi connectivity index (χ0v) is 12.4. The third kappa shape index (κ3) is 3.35. The molecule has 112 valence electrons. The van der Waals surface area contributed by atoms with Crippen LogP contribution >= 0.6 is 11.3 Å². The average Bonchev–Trinajstić information content (AvgIpc) is 2.92. The van der Waals surface area contributed by atoms with Gasteiger partial charge < -0.3 is 5.11 Å². The molecule has 1 aromatic heterocycles. The van der Waals surface area contributed by atoms with Gasteiger partial charge in [-0.1, -0.05) is 0 Å². The highest BCUT2D eigenvalue weighted by atomic mass is 32.2. The predicted molar refractivity (Wildman–Crippen MR) is 75.6 cm³/mol. The van der Waals surface area contributed by atoms with E-state index in [0.717, 1.165) is 18.2 Å². The highest BCUT2D eigenvalue weighted by molar-refractivity contribution is 7.89. The van der Waals surface area contributed by atoms with Gasteiger partial charge in [0.05, 0.1) is 15.9 Å². The van der Waals surface area contributed by atoms with Crippen molar-refractivity contribution in [1.82, 2.24) is 9.71 Å². The van der Waals surface area contributed by atoms with Gasteiger partial charge in [0.2, 0.25) is 10.0 Å². The molecule has 0 saturated heterocycles. The fourth-order valence-electron chi connectivity index (χ4n) is 1.62. The van der Waals surface area contributed by atoms with E-state index < -0.39 is 32.4 Å². The SMILES string of the molecule is CC(NS(=O)(=O)c1ccc(O)c([N+](=O)[O-])c1)c1nccs1. The van der Waals surface area contributed by atoms with Crippen molar-refractivity contribution < 1.29 is 18.4 Å². The second-order valence-corrected chi connectivity index (χ2v) is 6.76. The van der Waals surface area contributed by atoms with Gasteiger partial charge in [0, 0.05) is 17.6 Å². The summed E-state index contributed by atoms with van der Waals surface area (Å²) in [5.74, 6) is -0.591. The number of benzene rings is 1. The fourth-order valence-corrected chi connectivity index (χ4v) is 3.56. The molecule has 0 aliphatic carbocycles. The van der Waals surface area contributed by atoms with Gasteiger partial charge in [-0.25, -0.2) is 18.1 Å². The summed E-state index contributed by atoms with van der Waals surface area (Å²) in [6.45, 7) is 1.62. The Labute approximate surface area is 124 Å². The van der Waals surface area contributed by atoms with Gasteiger partial charge in [-0.2, -0.15) is 0 Å². The number of thiazole rings is 1. The van der Waals surface area contributed by atoms with E-state index in [9.17, 15) is 23.6 Å². The third-order valence-electron chi connectivity index (χ3n) is 2.61. The summed E-state index contributed by atoms with van der Waals surface area (Å²) in [5.41, 5.74) is -0.667. The lowest BCUT2D eigenvalue weighted by molar-refractivity contribution is -0.386. The van der Waals surface area contributed by atoms with E-state index in [1.807, 2.05) is 0 Å². The first-order valence-electron chi connectivity index (χ1n) is 5.70. The number of phenolic OH excluding ortho intramolecular Hbond substituents is 1. The zero-order valence-electron chi connectivity index (χ0n) is 10.8. The lowest BCUT2D eigenvalue weighted by Crippen LogP contribution is -2.26. The molecule has 1 unspecified atom stereocenters. The molecule has 1 aromatic carbocycles. The van der Waals surface area contributed by atoms with Crippen molar-refractivity contribution in [3.05, 3.63) is 44.9 Å². The topological polar surface area (TPSA) is 122 Å². The molecule has 0 bridgehead atoms. The number of aromatic nitrogens is 1. The van der Waals surface area contributed by atoms with Crippen LogP contribution in [0.5, 0.6) is 5.75 Å². The molecular formula is C11H11N3O5S2. The summed E-state index contributed by atoms with van der Waals surface area (Å²) >= 11 is 1.29. The van der Waals surface area contributed by atoms with Crippen LogP contribution in [0.1, 0.15) is 18.0 Å². The van der Waals surface area contributed by atoms with Crippen LogP contribution in [0.4, 0.5) is 5.69 Å². The van der Waals surface area contributed by atoms with Crippen molar-refractivity contribution in [3.63, 3.8) is 0 Å². The largest absolute Gasteiger partial charge is 0.502 e. The highest BCUT2D eigenvalue weighted by Gasteiger charge is 2.23. The van der Waals surface area contributed by atoms with Gasteiger partial charge in [0.1, 0.15) is 5.01 Å². The number of hydrogen-bond donors (Lipinski definition) is 2. The van der Waals surface area contributed by atoms with Crippen LogP contribution in [0.3, 0.4) is 0 Å². The van der Waals surface area contributed by atoms with Crippen molar-refractivity contribution in [1.29, 1.82) is 0 Å². The molecule has 2 rings (SSSR count). The van der Waals surface area contributed by atoms with E-state index in [0.29, 0.717) is 5.01 Å². The van der Waals surface area contributed by atoms with Crippen LogP contribution in [0.25, 0.3) is 0 Å². The normalized spacial score (nSPS) is 13.0. The number of nitro benzene ring substituents is 1. The second-order valence-electron chi connectivity index (χ2n) is 4.12. The first-order valence-corrected chi connectivity index (χ1v) is 8.06. The van der Waals surface area contributed by atoms with Gasteiger partial charge in [-0.3, -0.25) is 10.1 Å². The minimum absolute atomic E-state index is 0.296. The smallest absolute Gasteiger partial charge is 0.312 e. The Morgan fingerprint density at radius 3 is 2.76 bits per heavy atom. The Morgan fingerprint density at radius 2 is 2.19 bits per heavy atom.